The van der Waals surface area contributed by atoms with Crippen molar-refractivity contribution in [2.45, 2.75) is 144 Å². The molecule has 3 aliphatic rings. The quantitative estimate of drug-likeness (QED) is 0.0634. The number of unbranched alkanes of at least 4 members (excludes halogenated alkanes) is 3. The summed E-state index contributed by atoms with van der Waals surface area (Å²) in [5.41, 5.74) is 0. The third-order valence-electron chi connectivity index (χ3n) is 9.12. The van der Waals surface area contributed by atoms with Gasteiger partial charge in [-0.1, -0.05) is 33.1 Å². The molecule has 0 radical (unpaired) electrons. The summed E-state index contributed by atoms with van der Waals surface area (Å²) >= 11 is 0. The van der Waals surface area contributed by atoms with Gasteiger partial charge < -0.3 is 84.8 Å². The molecule has 19 nitrogen and oxygen atoms in total. The van der Waals surface area contributed by atoms with E-state index in [9.17, 15) is 60.7 Å². The Morgan fingerprint density at radius 3 is 2.20 bits per heavy atom. The lowest BCUT2D eigenvalue weighted by Gasteiger charge is -2.48. The van der Waals surface area contributed by atoms with E-state index in [1.165, 1.54) is 6.92 Å². The van der Waals surface area contributed by atoms with Crippen LogP contribution in [-0.4, -0.2) is 181 Å². The smallest absolute Gasteiger partial charge is 0.364 e. The van der Waals surface area contributed by atoms with Crippen molar-refractivity contribution in [3.8, 4) is 0 Å². The van der Waals surface area contributed by atoms with E-state index >= 15 is 0 Å². The zero-order valence-corrected chi connectivity index (χ0v) is 27.8. The maximum atomic E-state index is 12.5. The molecule has 5 unspecified atom stereocenters. The fraction of sp³-hybridized carbons (Fsp3) is 0.933. The summed E-state index contributed by atoms with van der Waals surface area (Å²) in [6.07, 6.45) is -18.5. The molecule has 3 saturated heterocycles. The van der Waals surface area contributed by atoms with E-state index in [1.54, 1.807) is 0 Å². The third kappa shape index (κ3) is 10.0. The van der Waals surface area contributed by atoms with E-state index < -0.39 is 136 Å². The number of hydrogen-bond donors (Lipinski definition) is 11. The highest BCUT2D eigenvalue weighted by Gasteiger charge is 2.56. The van der Waals surface area contributed by atoms with E-state index in [-0.39, 0.29) is 6.61 Å². The Bertz CT molecular complexity index is 1040. The van der Waals surface area contributed by atoms with Gasteiger partial charge in [-0.05, 0) is 6.42 Å². The Morgan fingerprint density at radius 2 is 1.61 bits per heavy atom. The summed E-state index contributed by atoms with van der Waals surface area (Å²) in [6.45, 7) is 2.29. The predicted molar refractivity (Wildman–Crippen MR) is 161 cm³/mol. The van der Waals surface area contributed by atoms with E-state index in [4.69, 9.17) is 28.4 Å². The zero-order chi connectivity index (χ0) is 36.6. The molecule has 1 amide bonds. The van der Waals surface area contributed by atoms with Gasteiger partial charge in [-0.15, -0.1) is 0 Å². The molecule has 3 fully saturated rings. The van der Waals surface area contributed by atoms with Crippen molar-refractivity contribution in [2.24, 2.45) is 5.92 Å². The van der Waals surface area contributed by atoms with Gasteiger partial charge in [0.1, 0.15) is 61.0 Å². The minimum Gasteiger partial charge on any atom is -0.477 e. The number of hydrogen-bond acceptors (Lipinski definition) is 17. The number of amides is 1. The molecule has 19 heteroatoms. The van der Waals surface area contributed by atoms with Gasteiger partial charge in [0.15, 0.2) is 12.6 Å². The summed E-state index contributed by atoms with van der Waals surface area (Å²) in [6, 6.07) is -1.51. The number of carboxylic acids is 1. The van der Waals surface area contributed by atoms with Crippen molar-refractivity contribution in [3.63, 3.8) is 0 Å². The van der Waals surface area contributed by atoms with Crippen LogP contribution in [0.2, 0.25) is 0 Å². The van der Waals surface area contributed by atoms with Gasteiger partial charge >= 0.3 is 5.97 Å². The molecule has 0 aromatic heterocycles. The Balaban J connectivity index is 1.83. The lowest BCUT2D eigenvalue weighted by atomic mass is 9.84. The summed E-state index contributed by atoms with van der Waals surface area (Å²) in [5.74, 6) is -6.04. The van der Waals surface area contributed by atoms with Gasteiger partial charge in [0.25, 0.3) is 5.79 Å². The van der Waals surface area contributed by atoms with Crippen molar-refractivity contribution in [2.75, 3.05) is 26.4 Å². The molecule has 286 valence electrons. The van der Waals surface area contributed by atoms with Crippen LogP contribution in [0, 0.1) is 5.92 Å². The van der Waals surface area contributed by atoms with E-state index in [1.807, 2.05) is 6.92 Å². The van der Waals surface area contributed by atoms with Crippen molar-refractivity contribution >= 4 is 11.9 Å². The minimum absolute atomic E-state index is 0.180. The normalized spacial score (nSPS) is 41.2. The Morgan fingerprint density at radius 1 is 0.939 bits per heavy atom. The predicted octanol–water partition coefficient (Wildman–Crippen LogP) is -4.34. The fourth-order valence-corrected chi connectivity index (χ4v) is 6.08. The number of carbonyl (C=O) groups excluding carboxylic acids is 1. The summed E-state index contributed by atoms with van der Waals surface area (Å²) < 4.78 is 34.1. The molecule has 11 N–H and O–H groups in total. The van der Waals surface area contributed by atoms with Gasteiger partial charge in [0, 0.05) is 25.9 Å². The number of nitrogens with one attached hydrogen (secondary N) is 1. The SMILES string of the molecule is CCCCCCO[C@@H]1OC(CO)[C@H](O)[C@H](O[C@@H]2OC(CO[C@]3(C(=O)O)C[C@@H](O)[C@@H](C)C([C@H](O)[C@H](O)CO)O3)[C@@H](O)[C@H](O)C2NC(C)=O)C1O. The Labute approximate surface area is 283 Å². The molecule has 0 saturated carbocycles. The second-order valence-electron chi connectivity index (χ2n) is 12.8. The average Bonchev–Trinajstić information content (AvgIpc) is 3.06. The van der Waals surface area contributed by atoms with Crippen LogP contribution in [0.3, 0.4) is 0 Å². The summed E-state index contributed by atoms with van der Waals surface area (Å²) in [4.78, 5) is 24.5. The first-order valence-corrected chi connectivity index (χ1v) is 16.5. The first kappa shape index (κ1) is 41.8. The molecule has 3 rings (SSSR count). The molecule has 3 aliphatic heterocycles. The molecule has 0 bridgehead atoms. The number of ether oxygens (including phenoxy) is 6. The number of rotatable bonds is 17. The van der Waals surface area contributed by atoms with Crippen LogP contribution in [0.1, 0.15) is 52.9 Å². The Hall–Kier alpha value is -1.66. The molecule has 0 aromatic carbocycles. The molecule has 16 atom stereocenters. The van der Waals surface area contributed by atoms with Gasteiger partial charge in [0.2, 0.25) is 5.91 Å². The Kier molecular flexibility index (Phi) is 16.0. The largest absolute Gasteiger partial charge is 0.477 e. The fourth-order valence-electron chi connectivity index (χ4n) is 6.08. The van der Waals surface area contributed by atoms with Crippen LogP contribution in [0.25, 0.3) is 0 Å². The van der Waals surface area contributed by atoms with Crippen molar-refractivity contribution in [1.82, 2.24) is 5.32 Å². The lowest BCUT2D eigenvalue weighted by Crippen LogP contribution is -2.68. The highest BCUT2D eigenvalue weighted by atomic mass is 16.8. The number of carboxylic acid groups (broad SMARTS) is 1. The molecular weight excluding hydrogens is 662 g/mol. The standard InChI is InChI=1S/C30H53NO18/c1-4-5-6-7-8-44-28-24(41)26(22(39)17(11-33)46-28)48-27-19(31-14(3)34)23(40)21(38)18(47-27)12-45-30(29(42)43)9-15(35)13(2)25(49-30)20(37)16(36)10-32/h13,15-28,32-33,35-41H,4-12H2,1-3H3,(H,31,34)(H,42,43)/t13-,15-,16-,17?,18?,19?,20-,21-,22+,23-,24?,25?,26+,27+,28-,30-/m1/s1. The molecule has 0 aliphatic carbocycles. The third-order valence-corrected chi connectivity index (χ3v) is 9.12. The van der Waals surface area contributed by atoms with E-state index in [0.717, 1.165) is 26.2 Å². The van der Waals surface area contributed by atoms with Crippen LogP contribution in [0.15, 0.2) is 0 Å². The van der Waals surface area contributed by atoms with Crippen LogP contribution in [0.4, 0.5) is 0 Å². The van der Waals surface area contributed by atoms with Gasteiger partial charge in [-0.2, -0.15) is 0 Å². The average molecular weight is 716 g/mol. The monoisotopic (exact) mass is 715 g/mol. The first-order valence-electron chi connectivity index (χ1n) is 16.5. The minimum atomic E-state index is -2.67. The van der Waals surface area contributed by atoms with E-state index in [2.05, 4.69) is 5.32 Å². The highest BCUT2D eigenvalue weighted by Crippen LogP contribution is 2.37. The van der Waals surface area contributed by atoms with Crippen molar-refractivity contribution in [1.29, 1.82) is 0 Å². The van der Waals surface area contributed by atoms with Gasteiger partial charge in [-0.25, -0.2) is 4.79 Å². The van der Waals surface area contributed by atoms with Crippen LogP contribution in [-0.2, 0) is 38.0 Å². The molecular formula is C30H53NO18. The van der Waals surface area contributed by atoms with Gasteiger partial charge in [0.05, 0.1) is 32.0 Å². The maximum absolute atomic E-state index is 12.5. The molecule has 0 aromatic rings. The summed E-state index contributed by atoms with van der Waals surface area (Å²) in [7, 11) is 0. The van der Waals surface area contributed by atoms with Crippen LogP contribution < -0.4 is 5.32 Å². The van der Waals surface area contributed by atoms with Crippen LogP contribution >= 0.6 is 0 Å². The first-order chi connectivity index (χ1) is 23.1. The summed E-state index contributed by atoms with van der Waals surface area (Å²) in [5, 5.41) is 107. The number of aliphatic hydroxyl groups is 9. The lowest BCUT2D eigenvalue weighted by molar-refractivity contribution is -0.357. The maximum Gasteiger partial charge on any atom is 0.364 e. The van der Waals surface area contributed by atoms with Crippen molar-refractivity contribution < 1.29 is 89.1 Å². The molecule has 49 heavy (non-hydrogen) atoms. The van der Waals surface area contributed by atoms with E-state index in [0.29, 0.717) is 6.42 Å². The number of aliphatic hydroxyl groups excluding tert-OH is 9. The number of aliphatic carboxylic acids is 1. The molecule has 0 spiro atoms. The van der Waals surface area contributed by atoms with Crippen LogP contribution in [0.5, 0.6) is 0 Å². The highest BCUT2D eigenvalue weighted by molar-refractivity contribution is 5.76. The second-order valence-corrected chi connectivity index (χ2v) is 12.8. The molecule has 3 heterocycles. The zero-order valence-electron chi connectivity index (χ0n) is 27.8. The van der Waals surface area contributed by atoms with Crippen molar-refractivity contribution in [3.05, 3.63) is 0 Å². The topological polar surface area (TPSA) is 304 Å². The number of carbonyl (C=O) groups is 2. The second kappa shape index (κ2) is 18.7. The van der Waals surface area contributed by atoms with Gasteiger partial charge in [-0.3, -0.25) is 4.79 Å².